The van der Waals surface area contributed by atoms with Crippen LogP contribution < -0.4 is 0 Å². The van der Waals surface area contributed by atoms with Crippen molar-refractivity contribution in [1.29, 1.82) is 0 Å². The number of benzene rings is 2. The molecule has 5 aromatic rings. The molecule has 0 radical (unpaired) electrons. The molecule has 5 nitrogen and oxygen atoms in total. The number of fused-ring (bicyclic) bond motifs is 1. The zero-order valence-corrected chi connectivity index (χ0v) is 19.2. The fraction of sp³-hybridized carbons (Fsp3) is 0.148. The lowest BCUT2D eigenvalue weighted by molar-refractivity contribution is 0.151. The Bertz CT molecular complexity index is 1570. The molecule has 0 saturated heterocycles. The van der Waals surface area contributed by atoms with E-state index in [0.717, 1.165) is 22.8 Å². The zero-order chi connectivity index (χ0) is 24.7. The standard InChI is InChI=1S/C27H20F3N5/c1-14-10-19(17-6-8-31-9-7-17)12-20(11-14)26-34-23(21-5-4-18(25(29)30)13-22(21)28)24-27(35-26)33-16(3)15(2)32-24/h4-13,25H,1-3H3. The average Bonchev–Trinajstić information content (AvgIpc) is 2.84. The van der Waals surface area contributed by atoms with Gasteiger partial charge in [-0.05, 0) is 73.9 Å². The number of hydrogen-bond acceptors (Lipinski definition) is 5. The van der Waals surface area contributed by atoms with Crippen molar-refractivity contribution in [1.82, 2.24) is 24.9 Å². The Kier molecular flexibility index (Phi) is 5.72. The number of rotatable bonds is 4. The van der Waals surface area contributed by atoms with Gasteiger partial charge in [0.25, 0.3) is 6.43 Å². The molecule has 8 heteroatoms. The number of nitrogens with zero attached hydrogens (tertiary/aromatic N) is 5. The van der Waals surface area contributed by atoms with Crippen LogP contribution in [0, 0.1) is 26.6 Å². The highest BCUT2D eigenvalue weighted by Gasteiger charge is 2.20. The van der Waals surface area contributed by atoms with Gasteiger partial charge >= 0.3 is 0 Å². The summed E-state index contributed by atoms with van der Waals surface area (Å²) < 4.78 is 41.3. The number of pyridine rings is 1. The number of alkyl halides is 2. The van der Waals surface area contributed by atoms with E-state index in [9.17, 15) is 8.78 Å². The second kappa shape index (κ2) is 8.87. The Balaban J connectivity index is 1.76. The van der Waals surface area contributed by atoms with Crippen LogP contribution in [0.2, 0.25) is 0 Å². The van der Waals surface area contributed by atoms with Crippen LogP contribution in [-0.2, 0) is 0 Å². The van der Waals surface area contributed by atoms with Crippen LogP contribution in [-0.4, -0.2) is 24.9 Å². The van der Waals surface area contributed by atoms with Gasteiger partial charge in [-0.15, -0.1) is 0 Å². The number of halogens is 3. The van der Waals surface area contributed by atoms with Gasteiger partial charge in [0.1, 0.15) is 17.0 Å². The second-order valence-corrected chi connectivity index (χ2v) is 8.33. The molecule has 35 heavy (non-hydrogen) atoms. The molecule has 0 aliphatic heterocycles. The summed E-state index contributed by atoms with van der Waals surface area (Å²) in [5, 5.41) is 0. The SMILES string of the molecule is Cc1cc(-c2ccncc2)cc(-c2nc(-c3ccc(C(F)F)cc3F)c3nc(C)c(C)nc3n2)c1. The quantitative estimate of drug-likeness (QED) is 0.288. The largest absolute Gasteiger partial charge is 0.265 e. The van der Waals surface area contributed by atoms with Gasteiger partial charge in [-0.1, -0.05) is 12.1 Å². The highest BCUT2D eigenvalue weighted by Crippen LogP contribution is 2.33. The number of aryl methyl sites for hydroxylation is 3. The Morgan fingerprint density at radius 2 is 1.43 bits per heavy atom. The fourth-order valence-corrected chi connectivity index (χ4v) is 3.91. The lowest BCUT2D eigenvalue weighted by Gasteiger charge is -2.12. The summed E-state index contributed by atoms with van der Waals surface area (Å²) in [6.07, 6.45) is 0.656. The minimum atomic E-state index is -2.78. The first-order valence-corrected chi connectivity index (χ1v) is 10.9. The van der Waals surface area contributed by atoms with Crippen molar-refractivity contribution in [2.75, 3.05) is 0 Å². The molecule has 0 aliphatic rings. The molecule has 3 aromatic heterocycles. The van der Waals surface area contributed by atoms with Crippen molar-refractivity contribution >= 4 is 11.2 Å². The van der Waals surface area contributed by atoms with E-state index in [-0.39, 0.29) is 11.3 Å². The minimum Gasteiger partial charge on any atom is -0.265 e. The van der Waals surface area contributed by atoms with E-state index in [2.05, 4.69) is 24.9 Å². The predicted molar refractivity (Wildman–Crippen MR) is 128 cm³/mol. The van der Waals surface area contributed by atoms with E-state index in [1.165, 1.54) is 12.1 Å². The molecule has 2 aromatic carbocycles. The van der Waals surface area contributed by atoms with Crippen molar-refractivity contribution in [2.24, 2.45) is 0 Å². The van der Waals surface area contributed by atoms with E-state index in [1.54, 1.807) is 19.3 Å². The third kappa shape index (κ3) is 4.35. The van der Waals surface area contributed by atoms with Crippen molar-refractivity contribution < 1.29 is 13.2 Å². The van der Waals surface area contributed by atoms with Crippen LogP contribution >= 0.6 is 0 Å². The highest BCUT2D eigenvalue weighted by atomic mass is 19.3. The van der Waals surface area contributed by atoms with Crippen molar-refractivity contribution in [3.05, 3.63) is 89.3 Å². The summed E-state index contributed by atoms with van der Waals surface area (Å²) in [6, 6.07) is 13.0. The van der Waals surface area contributed by atoms with Gasteiger partial charge in [0.15, 0.2) is 11.5 Å². The molecular formula is C27H20F3N5. The molecule has 0 unspecified atom stereocenters. The lowest BCUT2D eigenvalue weighted by Crippen LogP contribution is -2.03. The first-order chi connectivity index (χ1) is 16.8. The molecule has 0 N–H and O–H groups in total. The van der Waals surface area contributed by atoms with E-state index in [0.29, 0.717) is 33.9 Å². The number of aromatic nitrogens is 5. The van der Waals surface area contributed by atoms with Crippen LogP contribution in [0.3, 0.4) is 0 Å². The molecule has 0 atom stereocenters. The molecule has 5 rings (SSSR count). The van der Waals surface area contributed by atoms with E-state index in [4.69, 9.17) is 0 Å². The third-order valence-corrected chi connectivity index (χ3v) is 5.79. The average molecular weight is 471 g/mol. The van der Waals surface area contributed by atoms with Crippen molar-refractivity contribution in [3.8, 4) is 33.8 Å². The van der Waals surface area contributed by atoms with Crippen molar-refractivity contribution in [3.63, 3.8) is 0 Å². The summed E-state index contributed by atoms with van der Waals surface area (Å²) in [4.78, 5) is 22.5. The molecule has 0 amide bonds. The fourth-order valence-electron chi connectivity index (χ4n) is 3.91. The first kappa shape index (κ1) is 22.6. The maximum atomic E-state index is 15.0. The molecule has 0 aliphatic carbocycles. The van der Waals surface area contributed by atoms with Crippen LogP contribution in [0.25, 0.3) is 44.9 Å². The summed E-state index contributed by atoms with van der Waals surface area (Å²) in [5.74, 6) is -0.475. The number of hydrogen-bond donors (Lipinski definition) is 0. The second-order valence-electron chi connectivity index (χ2n) is 8.33. The maximum Gasteiger partial charge on any atom is 0.263 e. The Labute approximate surface area is 199 Å². The van der Waals surface area contributed by atoms with Gasteiger partial charge < -0.3 is 0 Å². The smallest absolute Gasteiger partial charge is 0.263 e. The third-order valence-electron chi connectivity index (χ3n) is 5.79. The summed E-state index contributed by atoms with van der Waals surface area (Å²) in [6.45, 7) is 5.57. The van der Waals surface area contributed by atoms with Crippen molar-refractivity contribution in [2.45, 2.75) is 27.2 Å². The van der Waals surface area contributed by atoms with Gasteiger partial charge in [0.05, 0.1) is 11.4 Å². The normalized spacial score (nSPS) is 11.4. The molecule has 174 valence electrons. The van der Waals surface area contributed by atoms with Gasteiger partial charge in [-0.2, -0.15) is 0 Å². The van der Waals surface area contributed by atoms with Gasteiger partial charge in [0.2, 0.25) is 0 Å². The molecule has 0 spiro atoms. The van der Waals surface area contributed by atoms with Crippen LogP contribution in [0.5, 0.6) is 0 Å². The van der Waals surface area contributed by atoms with Gasteiger partial charge in [-0.3, -0.25) is 4.98 Å². The summed E-state index contributed by atoms with van der Waals surface area (Å²) in [7, 11) is 0. The Hall–Kier alpha value is -4.20. The summed E-state index contributed by atoms with van der Waals surface area (Å²) >= 11 is 0. The Morgan fingerprint density at radius 3 is 2.14 bits per heavy atom. The highest BCUT2D eigenvalue weighted by molar-refractivity contribution is 5.89. The van der Waals surface area contributed by atoms with Crippen LogP contribution in [0.1, 0.15) is 28.9 Å². The zero-order valence-electron chi connectivity index (χ0n) is 19.2. The van der Waals surface area contributed by atoms with E-state index in [1.807, 2.05) is 44.2 Å². The van der Waals surface area contributed by atoms with E-state index < -0.39 is 17.8 Å². The molecule has 0 saturated carbocycles. The van der Waals surface area contributed by atoms with Crippen LogP contribution in [0.4, 0.5) is 13.2 Å². The minimum absolute atomic E-state index is 0.0580. The first-order valence-electron chi connectivity index (χ1n) is 10.9. The molecule has 3 heterocycles. The Morgan fingerprint density at radius 1 is 0.714 bits per heavy atom. The monoisotopic (exact) mass is 471 g/mol. The molecule has 0 fully saturated rings. The summed E-state index contributed by atoms with van der Waals surface area (Å²) in [5.41, 5.74) is 5.43. The van der Waals surface area contributed by atoms with Crippen LogP contribution in [0.15, 0.2) is 60.9 Å². The van der Waals surface area contributed by atoms with Gasteiger partial charge in [0, 0.05) is 29.1 Å². The maximum absolute atomic E-state index is 15.0. The topological polar surface area (TPSA) is 64.5 Å². The molecule has 0 bridgehead atoms. The van der Waals surface area contributed by atoms with Gasteiger partial charge in [-0.25, -0.2) is 33.1 Å². The van der Waals surface area contributed by atoms with E-state index >= 15 is 4.39 Å². The lowest BCUT2D eigenvalue weighted by atomic mass is 10.0. The molecular weight excluding hydrogens is 451 g/mol. The predicted octanol–water partition coefficient (Wildman–Crippen LogP) is 6.82.